The van der Waals surface area contributed by atoms with E-state index in [-0.39, 0.29) is 6.10 Å². The first-order valence-corrected chi connectivity index (χ1v) is 7.84. The van der Waals surface area contributed by atoms with E-state index in [9.17, 15) is 0 Å². The number of rotatable bonds is 4. The molecule has 1 aliphatic rings. The zero-order valence-electron chi connectivity index (χ0n) is 11.8. The summed E-state index contributed by atoms with van der Waals surface area (Å²) in [5, 5.41) is 4.03. The summed E-state index contributed by atoms with van der Waals surface area (Å²) in [5.41, 5.74) is 0. The molecule has 2 aromatic heterocycles. The zero-order chi connectivity index (χ0) is 13.9. The van der Waals surface area contributed by atoms with E-state index in [0.29, 0.717) is 11.8 Å². The van der Waals surface area contributed by atoms with Gasteiger partial charge in [0, 0.05) is 24.8 Å². The van der Waals surface area contributed by atoms with Crippen LogP contribution in [0.4, 0.5) is 5.95 Å². The number of fused-ring (bicyclic) bond motifs is 1. The number of nitrogens with one attached hydrogen (secondary N) is 1. The molecule has 0 aromatic carbocycles. The third-order valence-corrected chi connectivity index (χ3v) is 4.60. The molecule has 1 aliphatic heterocycles. The van der Waals surface area contributed by atoms with E-state index in [1.807, 2.05) is 7.05 Å². The molecule has 0 amide bonds. The maximum Gasteiger partial charge on any atom is 0.227 e. The van der Waals surface area contributed by atoms with Gasteiger partial charge in [0.1, 0.15) is 10.9 Å². The van der Waals surface area contributed by atoms with Crippen molar-refractivity contribution in [3.05, 3.63) is 10.9 Å². The molecule has 108 valence electrons. The fourth-order valence-corrected chi connectivity index (χ4v) is 3.23. The van der Waals surface area contributed by atoms with Crippen molar-refractivity contribution in [2.45, 2.75) is 32.3 Å². The Bertz CT molecular complexity index is 593. The molecule has 0 aliphatic carbocycles. The van der Waals surface area contributed by atoms with Gasteiger partial charge in [-0.05, 0) is 12.5 Å². The van der Waals surface area contributed by atoms with Crippen LogP contribution in [0.5, 0.6) is 5.88 Å². The summed E-state index contributed by atoms with van der Waals surface area (Å²) in [6, 6.07) is 2.15. The predicted molar refractivity (Wildman–Crippen MR) is 80.8 cm³/mol. The van der Waals surface area contributed by atoms with Crippen molar-refractivity contribution < 1.29 is 9.47 Å². The lowest BCUT2D eigenvalue weighted by atomic mass is 10.1. The van der Waals surface area contributed by atoms with Gasteiger partial charge in [0.25, 0.3) is 0 Å². The van der Waals surface area contributed by atoms with Crippen LogP contribution in [-0.2, 0) is 11.2 Å². The normalized spacial score (nSPS) is 16.5. The molecular formula is C14H19N3O2S. The molecule has 2 aromatic rings. The second kappa shape index (κ2) is 5.93. The van der Waals surface area contributed by atoms with Crippen molar-refractivity contribution in [2.24, 2.45) is 0 Å². The van der Waals surface area contributed by atoms with E-state index in [2.05, 4.69) is 28.3 Å². The average Bonchev–Trinajstić information content (AvgIpc) is 2.91. The van der Waals surface area contributed by atoms with E-state index in [0.717, 1.165) is 42.7 Å². The van der Waals surface area contributed by atoms with E-state index in [4.69, 9.17) is 9.47 Å². The standard InChI is InChI=1S/C14H19N3O2S/c1-3-10-8-11-12(19-9-4-6-18-7-5-9)16-14(15-2)17-13(11)20-10/h8-9H,3-7H2,1-2H3,(H,15,16,17). The number of nitrogens with zero attached hydrogens (tertiary/aromatic N) is 2. The SMILES string of the molecule is CCc1cc2c(OC3CCOCC3)nc(NC)nc2s1. The van der Waals surface area contributed by atoms with Gasteiger partial charge < -0.3 is 14.8 Å². The highest BCUT2D eigenvalue weighted by atomic mass is 32.1. The molecule has 0 saturated carbocycles. The zero-order valence-corrected chi connectivity index (χ0v) is 12.6. The molecule has 3 heterocycles. The van der Waals surface area contributed by atoms with Gasteiger partial charge in [0.05, 0.1) is 18.6 Å². The van der Waals surface area contributed by atoms with Gasteiger partial charge in [0.2, 0.25) is 11.8 Å². The second-order valence-corrected chi connectivity index (χ2v) is 5.93. The van der Waals surface area contributed by atoms with Crippen molar-refractivity contribution in [1.29, 1.82) is 0 Å². The lowest BCUT2D eigenvalue weighted by Crippen LogP contribution is -2.26. The Hall–Kier alpha value is -1.40. The van der Waals surface area contributed by atoms with Gasteiger partial charge in [-0.2, -0.15) is 4.98 Å². The van der Waals surface area contributed by atoms with Crippen LogP contribution in [0.15, 0.2) is 6.07 Å². The summed E-state index contributed by atoms with van der Waals surface area (Å²) >= 11 is 1.71. The first-order valence-electron chi connectivity index (χ1n) is 7.02. The summed E-state index contributed by atoms with van der Waals surface area (Å²) < 4.78 is 11.5. The topological polar surface area (TPSA) is 56.3 Å². The van der Waals surface area contributed by atoms with E-state index in [1.165, 1.54) is 4.88 Å². The molecule has 1 N–H and O–H groups in total. The highest BCUT2D eigenvalue weighted by Crippen LogP contribution is 2.32. The molecule has 1 saturated heterocycles. The Morgan fingerprint density at radius 3 is 2.90 bits per heavy atom. The van der Waals surface area contributed by atoms with Gasteiger partial charge in [-0.25, -0.2) is 4.98 Å². The minimum Gasteiger partial charge on any atom is -0.474 e. The van der Waals surface area contributed by atoms with E-state index < -0.39 is 0 Å². The molecule has 0 spiro atoms. The second-order valence-electron chi connectivity index (χ2n) is 4.82. The molecule has 6 heteroatoms. The number of hydrogen-bond acceptors (Lipinski definition) is 6. The number of aromatic nitrogens is 2. The Kier molecular flexibility index (Phi) is 4.03. The molecule has 3 rings (SSSR count). The quantitative estimate of drug-likeness (QED) is 0.939. The molecule has 0 atom stereocenters. The Morgan fingerprint density at radius 1 is 1.40 bits per heavy atom. The van der Waals surface area contributed by atoms with Crippen LogP contribution in [0, 0.1) is 0 Å². The van der Waals surface area contributed by atoms with Crippen molar-refractivity contribution in [3.63, 3.8) is 0 Å². The molecule has 0 unspecified atom stereocenters. The number of anilines is 1. The molecule has 0 bridgehead atoms. The lowest BCUT2D eigenvalue weighted by molar-refractivity contribution is 0.0244. The van der Waals surface area contributed by atoms with Crippen LogP contribution >= 0.6 is 11.3 Å². The Labute approximate surface area is 122 Å². The number of thiophene rings is 1. The van der Waals surface area contributed by atoms with Crippen molar-refractivity contribution in [3.8, 4) is 5.88 Å². The molecule has 1 fully saturated rings. The maximum atomic E-state index is 6.10. The fraction of sp³-hybridized carbons (Fsp3) is 0.571. The van der Waals surface area contributed by atoms with Gasteiger partial charge in [-0.15, -0.1) is 11.3 Å². The van der Waals surface area contributed by atoms with Crippen molar-refractivity contribution in [2.75, 3.05) is 25.6 Å². The van der Waals surface area contributed by atoms with Gasteiger partial charge in [-0.1, -0.05) is 6.92 Å². The fourth-order valence-electron chi connectivity index (χ4n) is 2.27. The molecule has 20 heavy (non-hydrogen) atoms. The average molecular weight is 293 g/mol. The summed E-state index contributed by atoms with van der Waals surface area (Å²) in [7, 11) is 1.83. The Balaban J connectivity index is 1.95. The van der Waals surface area contributed by atoms with Gasteiger partial charge in [0.15, 0.2) is 0 Å². The largest absolute Gasteiger partial charge is 0.474 e. The van der Waals surface area contributed by atoms with E-state index >= 15 is 0 Å². The van der Waals surface area contributed by atoms with Crippen LogP contribution < -0.4 is 10.1 Å². The summed E-state index contributed by atoms with van der Waals surface area (Å²) in [5.74, 6) is 1.31. The highest BCUT2D eigenvalue weighted by molar-refractivity contribution is 7.18. The summed E-state index contributed by atoms with van der Waals surface area (Å²) in [4.78, 5) is 11.3. The first-order chi connectivity index (χ1) is 9.80. The first kappa shape index (κ1) is 13.6. The summed E-state index contributed by atoms with van der Waals surface area (Å²) in [6.07, 6.45) is 3.04. The van der Waals surface area contributed by atoms with Crippen LogP contribution in [0.2, 0.25) is 0 Å². The number of hydrogen-bond donors (Lipinski definition) is 1. The monoisotopic (exact) mass is 293 g/mol. The minimum atomic E-state index is 0.191. The third kappa shape index (κ3) is 2.71. The summed E-state index contributed by atoms with van der Waals surface area (Å²) in [6.45, 7) is 3.68. The Morgan fingerprint density at radius 2 is 2.20 bits per heavy atom. The maximum absolute atomic E-state index is 6.10. The molecular weight excluding hydrogens is 274 g/mol. The van der Waals surface area contributed by atoms with Crippen LogP contribution in [0.25, 0.3) is 10.2 Å². The molecule has 0 radical (unpaired) electrons. The van der Waals surface area contributed by atoms with E-state index in [1.54, 1.807) is 11.3 Å². The van der Waals surface area contributed by atoms with Crippen LogP contribution in [-0.4, -0.2) is 36.3 Å². The minimum absolute atomic E-state index is 0.191. The predicted octanol–water partition coefficient (Wildman–Crippen LogP) is 2.85. The molecule has 5 nitrogen and oxygen atoms in total. The third-order valence-electron chi connectivity index (χ3n) is 3.43. The number of ether oxygens (including phenoxy) is 2. The smallest absolute Gasteiger partial charge is 0.227 e. The lowest BCUT2D eigenvalue weighted by Gasteiger charge is -2.23. The number of aryl methyl sites for hydroxylation is 1. The van der Waals surface area contributed by atoms with Crippen LogP contribution in [0.3, 0.4) is 0 Å². The van der Waals surface area contributed by atoms with Gasteiger partial charge in [-0.3, -0.25) is 0 Å². The van der Waals surface area contributed by atoms with Crippen molar-refractivity contribution >= 4 is 27.5 Å². The van der Waals surface area contributed by atoms with Gasteiger partial charge >= 0.3 is 0 Å². The van der Waals surface area contributed by atoms with Crippen molar-refractivity contribution in [1.82, 2.24) is 9.97 Å². The highest BCUT2D eigenvalue weighted by Gasteiger charge is 2.19. The van der Waals surface area contributed by atoms with Crippen LogP contribution in [0.1, 0.15) is 24.6 Å².